The van der Waals surface area contributed by atoms with E-state index in [0.717, 1.165) is 5.56 Å². The Hall–Kier alpha value is -3.17. The van der Waals surface area contributed by atoms with Crippen molar-refractivity contribution in [3.63, 3.8) is 0 Å². The predicted octanol–water partition coefficient (Wildman–Crippen LogP) is 2.27. The molecule has 33 heavy (non-hydrogen) atoms. The predicted molar refractivity (Wildman–Crippen MR) is 129 cm³/mol. The number of carbonyl (C=O) groups excluding carboxylic acids is 2. The van der Waals surface area contributed by atoms with Crippen LogP contribution in [-0.2, 0) is 11.2 Å². The van der Waals surface area contributed by atoms with Gasteiger partial charge in [0.25, 0.3) is 5.91 Å². The molecule has 2 amide bonds. The van der Waals surface area contributed by atoms with E-state index < -0.39 is 17.9 Å². The van der Waals surface area contributed by atoms with E-state index in [2.05, 4.69) is 10.3 Å². The smallest absolute Gasteiger partial charge is 0.252 e. The minimum Gasteiger partial charge on any atom is -0.508 e. The molecule has 0 aliphatic heterocycles. The first kappa shape index (κ1) is 26.1. The van der Waals surface area contributed by atoms with E-state index in [1.165, 1.54) is 12.1 Å². The fourth-order valence-corrected chi connectivity index (χ4v) is 3.48. The van der Waals surface area contributed by atoms with E-state index in [9.17, 15) is 14.7 Å². The van der Waals surface area contributed by atoms with Gasteiger partial charge in [-0.2, -0.15) is 0 Å². The number of primary amides is 1. The van der Waals surface area contributed by atoms with Crippen LogP contribution in [0.2, 0.25) is 10.0 Å². The molecule has 178 valence electrons. The van der Waals surface area contributed by atoms with Crippen LogP contribution >= 0.6 is 23.2 Å². The normalized spacial score (nSPS) is 11.5. The second-order valence-corrected chi connectivity index (χ2v) is 8.17. The number of aromatic hydroxyl groups is 1. The van der Waals surface area contributed by atoms with Crippen LogP contribution in [0, 0.1) is 6.92 Å². The highest BCUT2D eigenvalue weighted by Gasteiger charge is 2.20. The molecule has 2 aromatic carbocycles. The topological polar surface area (TPSA) is 166 Å². The molecular weight excluding hydrogens is 469 g/mol. The molecule has 0 bridgehead atoms. The molecule has 0 heterocycles. The summed E-state index contributed by atoms with van der Waals surface area (Å²) in [5.41, 5.74) is 17.4. The summed E-state index contributed by atoms with van der Waals surface area (Å²) in [5, 5.41) is 13.9. The van der Waals surface area contributed by atoms with E-state index >= 15 is 0 Å². The maximum Gasteiger partial charge on any atom is 0.252 e. The molecule has 0 spiro atoms. The molecule has 2 aromatic rings. The van der Waals surface area contributed by atoms with Crippen LogP contribution < -0.4 is 27.3 Å². The SMILES string of the molecule is Cc1c(O)cc(C(=O)NC(CCCN=C(N)N)C(N)=O)cc1OCCc1ccc(Cl)cc1Cl. The number of hydrogen-bond donors (Lipinski definition) is 5. The number of phenolic OH excluding ortho intramolecular Hbond substituents is 1. The molecule has 9 nitrogen and oxygen atoms in total. The van der Waals surface area contributed by atoms with Gasteiger partial charge in [0.1, 0.15) is 17.5 Å². The lowest BCUT2D eigenvalue weighted by atomic mass is 10.1. The summed E-state index contributed by atoms with van der Waals surface area (Å²) in [6.45, 7) is 2.21. The van der Waals surface area contributed by atoms with Crippen molar-refractivity contribution in [1.82, 2.24) is 5.32 Å². The van der Waals surface area contributed by atoms with Gasteiger partial charge in [-0.15, -0.1) is 0 Å². The number of guanidine groups is 1. The van der Waals surface area contributed by atoms with Gasteiger partial charge in [0.15, 0.2) is 5.96 Å². The second-order valence-electron chi connectivity index (χ2n) is 7.33. The Morgan fingerprint density at radius 3 is 2.55 bits per heavy atom. The lowest BCUT2D eigenvalue weighted by molar-refractivity contribution is -0.120. The molecule has 0 aromatic heterocycles. The first-order valence-corrected chi connectivity index (χ1v) is 10.9. The number of nitrogens with zero attached hydrogens (tertiary/aromatic N) is 1. The zero-order chi connectivity index (χ0) is 24.5. The third-order valence-corrected chi connectivity index (χ3v) is 5.42. The molecule has 1 atom stereocenters. The fraction of sp³-hybridized carbons (Fsp3) is 0.318. The number of amides is 2. The largest absolute Gasteiger partial charge is 0.508 e. The summed E-state index contributed by atoms with van der Waals surface area (Å²) >= 11 is 12.1. The number of benzene rings is 2. The molecule has 11 heteroatoms. The molecule has 0 fully saturated rings. The first-order valence-electron chi connectivity index (χ1n) is 10.1. The molecule has 2 rings (SSSR count). The van der Waals surface area contributed by atoms with Crippen molar-refractivity contribution in [2.24, 2.45) is 22.2 Å². The van der Waals surface area contributed by atoms with Crippen LogP contribution in [-0.4, -0.2) is 42.1 Å². The maximum absolute atomic E-state index is 12.7. The van der Waals surface area contributed by atoms with E-state index in [1.54, 1.807) is 25.1 Å². The highest BCUT2D eigenvalue weighted by atomic mass is 35.5. The first-order chi connectivity index (χ1) is 15.6. The number of hydrogen-bond acceptors (Lipinski definition) is 5. The Morgan fingerprint density at radius 2 is 1.91 bits per heavy atom. The highest BCUT2D eigenvalue weighted by molar-refractivity contribution is 6.35. The Kier molecular flexibility index (Phi) is 9.62. The van der Waals surface area contributed by atoms with Crippen molar-refractivity contribution in [3.8, 4) is 11.5 Å². The van der Waals surface area contributed by atoms with Gasteiger partial charge in [-0.25, -0.2) is 0 Å². The molecular formula is C22H27Cl2N5O4. The van der Waals surface area contributed by atoms with Gasteiger partial charge in [0.05, 0.1) is 6.61 Å². The van der Waals surface area contributed by atoms with Crippen molar-refractivity contribution in [1.29, 1.82) is 0 Å². The van der Waals surface area contributed by atoms with Gasteiger partial charge in [-0.05, 0) is 49.6 Å². The van der Waals surface area contributed by atoms with E-state index in [0.29, 0.717) is 40.7 Å². The summed E-state index contributed by atoms with van der Waals surface area (Å²) in [4.78, 5) is 28.3. The minimum atomic E-state index is -0.924. The summed E-state index contributed by atoms with van der Waals surface area (Å²) in [6.07, 6.45) is 1.18. The Bertz CT molecular complexity index is 1040. The maximum atomic E-state index is 12.7. The van der Waals surface area contributed by atoms with Crippen LogP contribution in [0.1, 0.15) is 34.3 Å². The van der Waals surface area contributed by atoms with Gasteiger partial charge in [-0.3, -0.25) is 14.6 Å². The lowest BCUT2D eigenvalue weighted by Crippen LogP contribution is -2.44. The third-order valence-electron chi connectivity index (χ3n) is 4.83. The standard InChI is InChI=1S/C22H27Cl2N5O4/c1-12-18(30)9-14(21(32)29-17(20(25)31)3-2-7-28-22(26)27)10-19(12)33-8-6-13-4-5-15(23)11-16(13)24/h4-5,9-11,17,30H,2-3,6-8H2,1H3,(H2,25,31)(H,29,32)(H4,26,27,28). The zero-order valence-corrected chi connectivity index (χ0v) is 19.6. The molecule has 0 saturated heterocycles. The van der Waals surface area contributed by atoms with Crippen LogP contribution in [0.4, 0.5) is 0 Å². The average molecular weight is 496 g/mol. The number of phenols is 1. The second kappa shape index (κ2) is 12.2. The molecule has 8 N–H and O–H groups in total. The quantitative estimate of drug-likeness (QED) is 0.182. The lowest BCUT2D eigenvalue weighted by Gasteiger charge is -2.17. The molecule has 0 radical (unpaired) electrons. The molecule has 1 unspecified atom stereocenters. The number of nitrogens with two attached hydrogens (primary N) is 3. The summed E-state index contributed by atoms with van der Waals surface area (Å²) in [7, 11) is 0. The Labute approximate surface area is 201 Å². The molecule has 0 aliphatic rings. The highest BCUT2D eigenvalue weighted by Crippen LogP contribution is 2.29. The van der Waals surface area contributed by atoms with Gasteiger partial charge >= 0.3 is 0 Å². The van der Waals surface area contributed by atoms with Crippen molar-refractivity contribution in [3.05, 3.63) is 57.1 Å². The number of halogens is 2. The Balaban J connectivity index is 2.06. The van der Waals surface area contributed by atoms with Gasteiger partial charge < -0.3 is 32.4 Å². The number of aliphatic imine (C=N–C) groups is 1. The average Bonchev–Trinajstić information content (AvgIpc) is 2.74. The monoisotopic (exact) mass is 495 g/mol. The molecule has 0 aliphatic carbocycles. The van der Waals surface area contributed by atoms with Gasteiger partial charge in [0, 0.05) is 34.1 Å². The van der Waals surface area contributed by atoms with Crippen molar-refractivity contribution in [2.45, 2.75) is 32.2 Å². The number of carbonyl (C=O) groups is 2. The number of rotatable bonds is 11. The summed E-state index contributed by atoms with van der Waals surface area (Å²) in [6, 6.07) is 7.05. The van der Waals surface area contributed by atoms with E-state index in [-0.39, 0.29) is 30.3 Å². The third kappa shape index (κ3) is 8.03. The van der Waals surface area contributed by atoms with Crippen molar-refractivity contribution in [2.75, 3.05) is 13.2 Å². The van der Waals surface area contributed by atoms with Crippen LogP contribution in [0.25, 0.3) is 0 Å². The summed E-state index contributed by atoms with van der Waals surface area (Å²) < 4.78 is 5.79. The van der Waals surface area contributed by atoms with Crippen LogP contribution in [0.5, 0.6) is 11.5 Å². The van der Waals surface area contributed by atoms with E-state index in [1.807, 2.05) is 0 Å². The number of ether oxygens (including phenoxy) is 1. The Morgan fingerprint density at radius 1 is 1.18 bits per heavy atom. The van der Waals surface area contributed by atoms with E-state index in [4.69, 9.17) is 45.1 Å². The van der Waals surface area contributed by atoms with Gasteiger partial charge in [-0.1, -0.05) is 29.3 Å². The van der Waals surface area contributed by atoms with Crippen molar-refractivity contribution >= 4 is 41.0 Å². The molecule has 0 saturated carbocycles. The van der Waals surface area contributed by atoms with Crippen molar-refractivity contribution < 1.29 is 19.4 Å². The fourth-order valence-electron chi connectivity index (χ4n) is 2.98. The minimum absolute atomic E-state index is 0.0596. The van der Waals surface area contributed by atoms with Crippen LogP contribution in [0.3, 0.4) is 0 Å². The zero-order valence-electron chi connectivity index (χ0n) is 18.1. The summed E-state index contributed by atoms with van der Waals surface area (Å²) in [5.74, 6) is -1.13. The van der Waals surface area contributed by atoms with Gasteiger partial charge in [0.2, 0.25) is 5.91 Å². The van der Waals surface area contributed by atoms with Crippen LogP contribution in [0.15, 0.2) is 35.3 Å². The number of nitrogens with one attached hydrogen (secondary N) is 1.